The number of nitrogens with zero attached hydrogens (tertiary/aromatic N) is 1. The molecule has 0 saturated heterocycles. The SMILES string of the molecule is CC(CCl)CS(=O)(=O)N1CCc2sccc2C1C1CC1. The fourth-order valence-electron chi connectivity index (χ4n) is 3.04. The molecule has 20 heavy (non-hydrogen) atoms. The molecule has 2 atom stereocenters. The number of thiophene rings is 1. The van der Waals surface area contributed by atoms with E-state index in [1.54, 1.807) is 15.6 Å². The van der Waals surface area contributed by atoms with Crippen molar-refractivity contribution in [3.8, 4) is 0 Å². The number of rotatable bonds is 5. The van der Waals surface area contributed by atoms with E-state index in [2.05, 4.69) is 11.4 Å². The first-order chi connectivity index (χ1) is 9.53. The molecule has 1 aromatic rings. The minimum absolute atomic E-state index is 0.00499. The summed E-state index contributed by atoms with van der Waals surface area (Å²) in [6, 6.07) is 2.20. The summed E-state index contributed by atoms with van der Waals surface area (Å²) in [5, 5.41) is 2.09. The molecule has 0 spiro atoms. The van der Waals surface area contributed by atoms with E-state index in [1.165, 1.54) is 10.4 Å². The normalized spacial score (nSPS) is 25.4. The van der Waals surface area contributed by atoms with Crippen LogP contribution in [0.25, 0.3) is 0 Å². The molecule has 3 nitrogen and oxygen atoms in total. The van der Waals surface area contributed by atoms with Crippen molar-refractivity contribution in [3.63, 3.8) is 0 Å². The zero-order valence-corrected chi connectivity index (χ0v) is 14.0. The van der Waals surface area contributed by atoms with Gasteiger partial charge in [0.2, 0.25) is 10.0 Å². The number of alkyl halides is 1. The Balaban J connectivity index is 1.89. The van der Waals surface area contributed by atoms with E-state index in [0.29, 0.717) is 18.3 Å². The van der Waals surface area contributed by atoms with Crippen LogP contribution in [0.4, 0.5) is 0 Å². The molecule has 6 heteroatoms. The Morgan fingerprint density at radius 1 is 1.50 bits per heavy atom. The van der Waals surface area contributed by atoms with Crippen molar-refractivity contribution in [1.29, 1.82) is 0 Å². The van der Waals surface area contributed by atoms with Crippen LogP contribution in [0.3, 0.4) is 0 Å². The molecule has 1 aliphatic heterocycles. The van der Waals surface area contributed by atoms with Crippen molar-refractivity contribution in [2.24, 2.45) is 11.8 Å². The fourth-order valence-corrected chi connectivity index (χ4v) is 6.22. The van der Waals surface area contributed by atoms with Gasteiger partial charge in [-0.3, -0.25) is 0 Å². The van der Waals surface area contributed by atoms with Crippen LogP contribution in [0.1, 0.15) is 36.2 Å². The molecule has 1 aliphatic carbocycles. The lowest BCUT2D eigenvalue weighted by atomic mass is 9.98. The van der Waals surface area contributed by atoms with Crippen molar-refractivity contribution < 1.29 is 8.42 Å². The summed E-state index contributed by atoms with van der Waals surface area (Å²) < 4.78 is 27.2. The third-order valence-corrected chi connectivity index (χ3v) is 7.79. The van der Waals surface area contributed by atoms with Crippen molar-refractivity contribution in [1.82, 2.24) is 4.31 Å². The third kappa shape index (κ3) is 2.78. The second-order valence-electron chi connectivity index (χ2n) is 5.98. The van der Waals surface area contributed by atoms with Crippen molar-refractivity contribution >= 4 is 33.0 Å². The molecule has 3 rings (SSSR count). The quantitative estimate of drug-likeness (QED) is 0.776. The topological polar surface area (TPSA) is 37.4 Å². The highest BCUT2D eigenvalue weighted by Crippen LogP contribution is 2.49. The van der Waals surface area contributed by atoms with Gasteiger partial charge in [-0.25, -0.2) is 8.42 Å². The Morgan fingerprint density at radius 3 is 2.90 bits per heavy atom. The first kappa shape index (κ1) is 14.8. The predicted octanol–water partition coefficient (Wildman–Crippen LogP) is 3.26. The Morgan fingerprint density at radius 2 is 2.25 bits per heavy atom. The number of sulfonamides is 1. The van der Waals surface area contributed by atoms with Gasteiger partial charge in [-0.15, -0.1) is 22.9 Å². The molecule has 1 aromatic heterocycles. The van der Waals surface area contributed by atoms with E-state index in [1.807, 2.05) is 6.92 Å². The highest BCUT2D eigenvalue weighted by molar-refractivity contribution is 7.89. The third-order valence-electron chi connectivity index (χ3n) is 4.15. The molecule has 0 radical (unpaired) electrons. The van der Waals surface area contributed by atoms with Crippen LogP contribution in [0.5, 0.6) is 0 Å². The molecule has 2 heterocycles. The summed E-state index contributed by atoms with van der Waals surface area (Å²) in [6.45, 7) is 2.53. The molecular formula is C14H20ClNO2S2. The van der Waals surface area contributed by atoms with Crippen LogP contribution >= 0.6 is 22.9 Å². The van der Waals surface area contributed by atoms with Gasteiger partial charge in [0.1, 0.15) is 0 Å². The highest BCUT2D eigenvalue weighted by atomic mass is 35.5. The number of fused-ring (bicyclic) bond motifs is 1. The van der Waals surface area contributed by atoms with Gasteiger partial charge in [0.25, 0.3) is 0 Å². The van der Waals surface area contributed by atoms with E-state index < -0.39 is 10.0 Å². The van der Waals surface area contributed by atoms with Crippen LogP contribution < -0.4 is 0 Å². The van der Waals surface area contributed by atoms with Crippen molar-refractivity contribution in [2.75, 3.05) is 18.2 Å². The molecule has 112 valence electrons. The Kier molecular flexibility index (Phi) is 4.15. The van der Waals surface area contributed by atoms with Gasteiger partial charge < -0.3 is 0 Å². The Labute approximate surface area is 130 Å². The lowest BCUT2D eigenvalue weighted by Crippen LogP contribution is -2.42. The summed E-state index contributed by atoms with van der Waals surface area (Å²) in [6.07, 6.45) is 3.15. The van der Waals surface area contributed by atoms with Crippen molar-refractivity contribution in [3.05, 3.63) is 21.9 Å². The number of halogens is 1. The smallest absolute Gasteiger partial charge is 0.212 e. The first-order valence-corrected chi connectivity index (χ1v) is 10.2. The zero-order valence-electron chi connectivity index (χ0n) is 11.6. The van der Waals surface area contributed by atoms with E-state index in [4.69, 9.17) is 11.6 Å². The molecule has 0 bridgehead atoms. The molecule has 1 saturated carbocycles. The minimum Gasteiger partial charge on any atom is -0.212 e. The fraction of sp³-hybridized carbons (Fsp3) is 0.714. The molecule has 0 N–H and O–H groups in total. The van der Waals surface area contributed by atoms with Gasteiger partial charge in [-0.05, 0) is 48.1 Å². The molecule has 2 aliphatic rings. The van der Waals surface area contributed by atoms with E-state index in [9.17, 15) is 8.42 Å². The van der Waals surface area contributed by atoms with Crippen molar-refractivity contribution in [2.45, 2.75) is 32.2 Å². The second-order valence-corrected chi connectivity index (χ2v) is 9.26. The largest absolute Gasteiger partial charge is 0.214 e. The van der Waals surface area contributed by atoms with Gasteiger partial charge in [-0.2, -0.15) is 4.31 Å². The average Bonchev–Trinajstić information content (AvgIpc) is 3.13. The highest BCUT2D eigenvalue weighted by Gasteiger charge is 2.44. The molecule has 0 aromatic carbocycles. The summed E-state index contributed by atoms with van der Waals surface area (Å²) in [5.74, 6) is 1.08. The summed E-state index contributed by atoms with van der Waals surface area (Å²) in [7, 11) is -3.22. The van der Waals surface area contributed by atoms with Crippen LogP contribution in [-0.2, 0) is 16.4 Å². The number of hydrogen-bond acceptors (Lipinski definition) is 3. The lowest BCUT2D eigenvalue weighted by Gasteiger charge is -2.35. The standard InChI is InChI=1S/C14H20ClNO2S2/c1-10(8-15)9-20(17,18)16-6-4-13-12(5-7-19-13)14(16)11-2-3-11/h5,7,10-11,14H,2-4,6,8-9H2,1H3. The van der Waals surface area contributed by atoms with Crippen LogP contribution in [0, 0.1) is 11.8 Å². The predicted molar refractivity (Wildman–Crippen MR) is 83.9 cm³/mol. The molecule has 2 unspecified atom stereocenters. The van der Waals surface area contributed by atoms with Gasteiger partial charge in [0.15, 0.2) is 0 Å². The van der Waals surface area contributed by atoms with Crippen LogP contribution in [-0.4, -0.2) is 30.9 Å². The van der Waals surface area contributed by atoms with Crippen LogP contribution in [0.15, 0.2) is 11.4 Å². The number of hydrogen-bond donors (Lipinski definition) is 0. The second kappa shape index (κ2) is 5.59. The maximum Gasteiger partial charge on any atom is 0.214 e. The molecule has 1 fully saturated rings. The van der Waals surface area contributed by atoms with Gasteiger partial charge in [0.05, 0.1) is 11.8 Å². The van der Waals surface area contributed by atoms with Gasteiger partial charge in [-0.1, -0.05) is 6.92 Å². The zero-order chi connectivity index (χ0) is 14.3. The maximum atomic E-state index is 12.7. The van der Waals surface area contributed by atoms with E-state index >= 15 is 0 Å². The van der Waals surface area contributed by atoms with E-state index in [-0.39, 0.29) is 17.7 Å². The summed E-state index contributed by atoms with van der Waals surface area (Å²) in [4.78, 5) is 1.37. The molecular weight excluding hydrogens is 314 g/mol. The van der Waals surface area contributed by atoms with Crippen LogP contribution in [0.2, 0.25) is 0 Å². The molecule has 0 amide bonds. The minimum atomic E-state index is -3.22. The van der Waals surface area contributed by atoms with Gasteiger partial charge >= 0.3 is 0 Å². The summed E-state index contributed by atoms with van der Waals surface area (Å²) >= 11 is 7.55. The first-order valence-electron chi connectivity index (χ1n) is 7.14. The Bertz CT molecular complexity index is 580. The maximum absolute atomic E-state index is 12.7. The monoisotopic (exact) mass is 333 g/mol. The Hall–Kier alpha value is -0.100. The van der Waals surface area contributed by atoms with E-state index in [0.717, 1.165) is 19.3 Å². The summed E-state index contributed by atoms with van der Waals surface area (Å²) in [5.41, 5.74) is 1.26. The average molecular weight is 334 g/mol. The van der Waals surface area contributed by atoms with Gasteiger partial charge in [0, 0.05) is 17.3 Å². The lowest BCUT2D eigenvalue weighted by molar-refractivity contribution is 0.281.